The summed E-state index contributed by atoms with van der Waals surface area (Å²) in [5, 5.41) is 9.03. The Morgan fingerprint density at radius 2 is 1.91 bits per heavy atom. The number of nitrogens with zero attached hydrogens (tertiary/aromatic N) is 1. The van der Waals surface area contributed by atoms with Crippen molar-refractivity contribution in [1.82, 2.24) is 4.90 Å². The lowest BCUT2D eigenvalue weighted by Crippen LogP contribution is -2.43. The zero-order valence-electron chi connectivity index (χ0n) is 12.5. The van der Waals surface area contributed by atoms with Gasteiger partial charge in [0.2, 0.25) is 0 Å². The lowest BCUT2D eigenvalue weighted by molar-refractivity contribution is 0.0424. The van der Waals surface area contributed by atoms with E-state index in [0.29, 0.717) is 11.4 Å². The van der Waals surface area contributed by atoms with Crippen LogP contribution >= 0.6 is 11.3 Å². The smallest absolute Gasteiger partial charge is 0.345 e. The van der Waals surface area contributed by atoms with Crippen LogP contribution in [0, 0.1) is 0 Å². The summed E-state index contributed by atoms with van der Waals surface area (Å²) in [5.41, 5.74) is 0. The molecule has 0 radical (unpaired) electrons. The standard InChI is InChI=1S/C16H21NO4S/c18-15(13-7-8-14(22-13)16(19)20)17(11-4-1-2-5-11)10-12-6-3-9-21-12/h7-8,11-12H,1-6,9-10H2,(H,19,20). The number of aromatic carboxylic acids is 1. The van der Waals surface area contributed by atoms with Crippen molar-refractivity contribution in [2.75, 3.05) is 13.2 Å². The first-order valence-corrected chi connectivity index (χ1v) is 8.72. The lowest BCUT2D eigenvalue weighted by Gasteiger charge is -2.30. The van der Waals surface area contributed by atoms with Crippen LogP contribution in [0.5, 0.6) is 0 Å². The van der Waals surface area contributed by atoms with Gasteiger partial charge in [0.05, 0.1) is 11.0 Å². The fraction of sp³-hybridized carbons (Fsp3) is 0.625. The van der Waals surface area contributed by atoms with Crippen molar-refractivity contribution in [2.24, 2.45) is 0 Å². The van der Waals surface area contributed by atoms with Crippen molar-refractivity contribution in [3.05, 3.63) is 21.9 Å². The molecular formula is C16H21NO4S. The van der Waals surface area contributed by atoms with E-state index < -0.39 is 5.97 Å². The number of hydrogen-bond donors (Lipinski definition) is 1. The van der Waals surface area contributed by atoms with Gasteiger partial charge in [-0.2, -0.15) is 0 Å². The highest BCUT2D eigenvalue weighted by molar-refractivity contribution is 7.15. The predicted octanol–water partition coefficient (Wildman–Crippen LogP) is 3.01. The molecule has 2 fully saturated rings. The van der Waals surface area contributed by atoms with Gasteiger partial charge in [-0.05, 0) is 37.8 Å². The van der Waals surface area contributed by atoms with E-state index in [1.54, 1.807) is 6.07 Å². The Morgan fingerprint density at radius 1 is 1.18 bits per heavy atom. The van der Waals surface area contributed by atoms with E-state index in [1.807, 2.05) is 4.90 Å². The molecule has 1 saturated heterocycles. The molecule has 2 aliphatic rings. The normalized spacial score (nSPS) is 22.1. The second kappa shape index (κ2) is 6.79. The molecule has 5 nitrogen and oxygen atoms in total. The van der Waals surface area contributed by atoms with E-state index in [0.717, 1.165) is 56.5 Å². The Labute approximate surface area is 133 Å². The Morgan fingerprint density at radius 3 is 2.50 bits per heavy atom. The highest BCUT2D eigenvalue weighted by Gasteiger charge is 2.31. The van der Waals surface area contributed by atoms with E-state index in [1.165, 1.54) is 6.07 Å². The van der Waals surface area contributed by atoms with Crippen LogP contribution in [0.1, 0.15) is 57.9 Å². The fourth-order valence-corrected chi connectivity index (χ4v) is 4.13. The molecule has 0 aromatic carbocycles. The summed E-state index contributed by atoms with van der Waals surface area (Å²) >= 11 is 1.06. The minimum atomic E-state index is -0.976. The quantitative estimate of drug-likeness (QED) is 0.904. The van der Waals surface area contributed by atoms with Crippen molar-refractivity contribution >= 4 is 23.2 Å². The molecule has 1 saturated carbocycles. The van der Waals surface area contributed by atoms with Gasteiger partial charge >= 0.3 is 5.97 Å². The van der Waals surface area contributed by atoms with Crippen molar-refractivity contribution in [3.8, 4) is 0 Å². The van der Waals surface area contributed by atoms with E-state index >= 15 is 0 Å². The summed E-state index contributed by atoms with van der Waals surface area (Å²) in [5.74, 6) is -1.02. The number of carbonyl (C=O) groups is 2. The van der Waals surface area contributed by atoms with Crippen molar-refractivity contribution in [1.29, 1.82) is 0 Å². The van der Waals surface area contributed by atoms with Crippen LogP contribution in [0.3, 0.4) is 0 Å². The maximum atomic E-state index is 12.8. The van der Waals surface area contributed by atoms with Crippen molar-refractivity contribution in [2.45, 2.75) is 50.7 Å². The van der Waals surface area contributed by atoms with E-state index in [2.05, 4.69) is 0 Å². The second-order valence-electron chi connectivity index (χ2n) is 6.00. The topological polar surface area (TPSA) is 66.8 Å². The van der Waals surface area contributed by atoms with Gasteiger partial charge in [0.25, 0.3) is 5.91 Å². The number of carbonyl (C=O) groups excluding carboxylic acids is 1. The van der Waals surface area contributed by atoms with Gasteiger partial charge in [0.1, 0.15) is 4.88 Å². The fourth-order valence-electron chi connectivity index (χ4n) is 3.33. The predicted molar refractivity (Wildman–Crippen MR) is 83.5 cm³/mol. The van der Waals surface area contributed by atoms with Gasteiger partial charge in [-0.15, -0.1) is 11.3 Å². The number of ether oxygens (including phenoxy) is 1. The molecule has 1 amide bonds. The average molecular weight is 323 g/mol. The van der Waals surface area contributed by atoms with Crippen LogP contribution in [0.25, 0.3) is 0 Å². The third-order valence-corrected chi connectivity index (χ3v) is 5.54. The summed E-state index contributed by atoms with van der Waals surface area (Å²) in [7, 11) is 0. The molecule has 0 spiro atoms. The molecule has 22 heavy (non-hydrogen) atoms. The molecule has 1 aromatic heterocycles. The van der Waals surface area contributed by atoms with Crippen LogP contribution in [0.15, 0.2) is 12.1 Å². The first-order valence-electron chi connectivity index (χ1n) is 7.91. The van der Waals surface area contributed by atoms with Gasteiger partial charge in [-0.25, -0.2) is 4.79 Å². The molecule has 1 unspecified atom stereocenters. The molecular weight excluding hydrogens is 302 g/mol. The first-order chi connectivity index (χ1) is 10.6. The monoisotopic (exact) mass is 323 g/mol. The Kier molecular flexibility index (Phi) is 4.78. The Bertz CT molecular complexity index is 544. The number of hydrogen-bond acceptors (Lipinski definition) is 4. The number of rotatable bonds is 5. The zero-order valence-corrected chi connectivity index (χ0v) is 13.3. The molecule has 0 bridgehead atoms. The Balaban J connectivity index is 1.76. The van der Waals surface area contributed by atoms with Crippen LogP contribution in [-0.2, 0) is 4.74 Å². The number of thiophene rings is 1. The molecule has 1 aliphatic carbocycles. The first kappa shape index (κ1) is 15.5. The average Bonchev–Trinajstić information content (AvgIpc) is 3.24. The number of carboxylic acid groups (broad SMARTS) is 1. The van der Waals surface area contributed by atoms with Gasteiger partial charge in [-0.3, -0.25) is 4.79 Å². The van der Waals surface area contributed by atoms with E-state index in [-0.39, 0.29) is 22.9 Å². The van der Waals surface area contributed by atoms with Crippen LogP contribution in [0.4, 0.5) is 0 Å². The summed E-state index contributed by atoms with van der Waals surface area (Å²) in [4.78, 5) is 26.5. The largest absolute Gasteiger partial charge is 0.477 e. The highest BCUT2D eigenvalue weighted by Crippen LogP contribution is 2.28. The minimum absolute atomic E-state index is 0.0418. The van der Waals surface area contributed by atoms with Crippen LogP contribution in [-0.4, -0.2) is 47.2 Å². The lowest BCUT2D eigenvalue weighted by atomic mass is 10.1. The molecule has 1 aromatic rings. The molecule has 120 valence electrons. The minimum Gasteiger partial charge on any atom is -0.477 e. The SMILES string of the molecule is O=C(O)c1ccc(C(=O)N(CC2CCCO2)C2CCCC2)s1. The van der Waals surface area contributed by atoms with Crippen molar-refractivity contribution in [3.63, 3.8) is 0 Å². The summed E-state index contributed by atoms with van der Waals surface area (Å²) in [6.07, 6.45) is 6.57. The second-order valence-corrected chi connectivity index (χ2v) is 7.08. The molecule has 1 aliphatic heterocycles. The van der Waals surface area contributed by atoms with Gasteiger partial charge in [0.15, 0.2) is 0 Å². The third kappa shape index (κ3) is 3.33. The van der Waals surface area contributed by atoms with Gasteiger partial charge in [0, 0.05) is 19.2 Å². The maximum absolute atomic E-state index is 12.8. The van der Waals surface area contributed by atoms with Crippen molar-refractivity contribution < 1.29 is 19.4 Å². The molecule has 1 N–H and O–H groups in total. The van der Waals surface area contributed by atoms with E-state index in [4.69, 9.17) is 9.84 Å². The van der Waals surface area contributed by atoms with Crippen LogP contribution < -0.4 is 0 Å². The third-order valence-electron chi connectivity index (χ3n) is 4.48. The summed E-state index contributed by atoms with van der Waals surface area (Å²) in [6, 6.07) is 3.42. The molecule has 1 atom stereocenters. The molecule has 6 heteroatoms. The van der Waals surface area contributed by atoms with E-state index in [9.17, 15) is 9.59 Å². The number of carboxylic acids is 1. The highest BCUT2D eigenvalue weighted by atomic mass is 32.1. The van der Waals surface area contributed by atoms with Gasteiger partial charge in [-0.1, -0.05) is 12.8 Å². The summed E-state index contributed by atoms with van der Waals surface area (Å²) < 4.78 is 5.69. The molecule has 2 heterocycles. The maximum Gasteiger partial charge on any atom is 0.345 e. The molecule has 3 rings (SSSR count). The summed E-state index contributed by atoms with van der Waals surface area (Å²) in [6.45, 7) is 1.41. The van der Waals surface area contributed by atoms with Gasteiger partial charge < -0.3 is 14.7 Å². The van der Waals surface area contributed by atoms with Crippen LogP contribution in [0.2, 0.25) is 0 Å². The zero-order chi connectivity index (χ0) is 15.5. The number of amides is 1. The Hall–Kier alpha value is -1.40.